The van der Waals surface area contributed by atoms with E-state index >= 15 is 0 Å². The number of aromatic nitrogens is 2. The molecule has 27 heavy (non-hydrogen) atoms. The molecular weight excluding hydrogens is 338 g/mol. The molecule has 4 rings (SSSR count). The second-order valence-electron chi connectivity index (χ2n) is 8.04. The van der Waals surface area contributed by atoms with Crippen LogP contribution in [0.25, 0.3) is 5.69 Å². The first kappa shape index (κ1) is 18.0. The van der Waals surface area contributed by atoms with Gasteiger partial charge in [-0.2, -0.15) is 5.10 Å². The molecule has 2 N–H and O–H groups in total. The Hall–Kier alpha value is -2.34. The molecule has 1 aromatic heterocycles. The van der Waals surface area contributed by atoms with Gasteiger partial charge in [-0.15, -0.1) is 0 Å². The summed E-state index contributed by atoms with van der Waals surface area (Å²) >= 11 is 0. The summed E-state index contributed by atoms with van der Waals surface area (Å²) in [6.45, 7) is 9.92. The normalized spacial score (nSPS) is 23.3. The van der Waals surface area contributed by atoms with Crippen molar-refractivity contribution in [2.75, 3.05) is 24.5 Å². The molecule has 2 aliphatic heterocycles. The standard InChI is InChI=1S/C21H29N5O/c1-14-11-17(26-16(3)12-19(23-26)21(22)27)6-7-20(14)24-10-8-18(13-24)25-9-4-5-15(25)2/h6-7,11-12,15,18H,4-5,8-10,13H2,1-3H3,(H2,22,27). The van der Waals surface area contributed by atoms with Gasteiger partial charge >= 0.3 is 0 Å². The monoisotopic (exact) mass is 367 g/mol. The predicted octanol–water partition coefficient (Wildman–Crippen LogP) is 2.65. The lowest BCUT2D eigenvalue weighted by molar-refractivity contribution is 0.0995. The van der Waals surface area contributed by atoms with Crippen LogP contribution < -0.4 is 10.6 Å². The van der Waals surface area contributed by atoms with Crippen LogP contribution in [0.3, 0.4) is 0 Å². The third-order valence-corrected chi connectivity index (χ3v) is 6.14. The molecule has 1 aromatic carbocycles. The summed E-state index contributed by atoms with van der Waals surface area (Å²) in [6.07, 6.45) is 3.91. The van der Waals surface area contributed by atoms with E-state index in [2.05, 4.69) is 46.9 Å². The molecule has 6 heteroatoms. The fourth-order valence-electron chi connectivity index (χ4n) is 4.71. The third kappa shape index (κ3) is 3.34. The Morgan fingerprint density at radius 2 is 2.00 bits per heavy atom. The third-order valence-electron chi connectivity index (χ3n) is 6.14. The van der Waals surface area contributed by atoms with Gasteiger partial charge in [0.2, 0.25) is 0 Å². The number of carbonyl (C=O) groups excluding carboxylic acids is 1. The van der Waals surface area contributed by atoms with Crippen LogP contribution >= 0.6 is 0 Å². The van der Waals surface area contributed by atoms with Crippen molar-refractivity contribution in [1.82, 2.24) is 14.7 Å². The zero-order valence-corrected chi connectivity index (χ0v) is 16.5. The first-order valence-corrected chi connectivity index (χ1v) is 9.92. The number of amides is 1. The SMILES string of the molecule is Cc1cc(-n2nc(C(N)=O)cc2C)ccc1N1CCC(N2CCCC2C)C1. The average molecular weight is 367 g/mol. The van der Waals surface area contributed by atoms with Gasteiger partial charge in [0.1, 0.15) is 0 Å². The molecule has 2 unspecified atom stereocenters. The molecule has 0 aliphatic carbocycles. The first-order chi connectivity index (χ1) is 12.9. The molecule has 0 saturated carbocycles. The summed E-state index contributed by atoms with van der Waals surface area (Å²) in [5.74, 6) is -0.496. The Morgan fingerprint density at radius 1 is 1.19 bits per heavy atom. The van der Waals surface area contributed by atoms with Crippen LogP contribution in [0, 0.1) is 13.8 Å². The number of hydrogen-bond donors (Lipinski definition) is 1. The van der Waals surface area contributed by atoms with Crippen molar-refractivity contribution in [3.8, 4) is 5.69 Å². The van der Waals surface area contributed by atoms with Crippen molar-refractivity contribution in [2.45, 2.75) is 52.1 Å². The number of nitrogens with zero attached hydrogens (tertiary/aromatic N) is 4. The number of rotatable bonds is 4. The molecule has 0 bridgehead atoms. The Kier molecular flexibility index (Phi) is 4.68. The van der Waals surface area contributed by atoms with Gasteiger partial charge < -0.3 is 10.6 Å². The number of primary amides is 1. The lowest BCUT2D eigenvalue weighted by atomic mass is 10.1. The summed E-state index contributed by atoms with van der Waals surface area (Å²) in [5.41, 5.74) is 10.1. The molecule has 2 fully saturated rings. The van der Waals surface area contributed by atoms with E-state index in [0.29, 0.717) is 11.7 Å². The fourth-order valence-corrected chi connectivity index (χ4v) is 4.71. The van der Waals surface area contributed by atoms with Gasteiger partial charge in [0.05, 0.1) is 5.69 Å². The number of aryl methyl sites for hydroxylation is 2. The Labute approximate surface area is 160 Å². The highest BCUT2D eigenvalue weighted by molar-refractivity contribution is 5.90. The number of carbonyl (C=O) groups is 1. The number of nitrogens with two attached hydrogens (primary N) is 1. The number of likely N-dealkylation sites (tertiary alicyclic amines) is 1. The summed E-state index contributed by atoms with van der Waals surface area (Å²) < 4.78 is 1.79. The van der Waals surface area contributed by atoms with Crippen molar-refractivity contribution >= 4 is 11.6 Å². The number of benzene rings is 1. The lowest BCUT2D eigenvalue weighted by Crippen LogP contribution is -2.39. The van der Waals surface area contributed by atoms with Crippen molar-refractivity contribution in [3.05, 3.63) is 41.2 Å². The smallest absolute Gasteiger partial charge is 0.269 e. The zero-order chi connectivity index (χ0) is 19.1. The highest BCUT2D eigenvalue weighted by atomic mass is 16.1. The molecule has 0 radical (unpaired) electrons. The first-order valence-electron chi connectivity index (χ1n) is 9.92. The summed E-state index contributed by atoms with van der Waals surface area (Å²) in [7, 11) is 0. The van der Waals surface area contributed by atoms with Crippen molar-refractivity contribution in [3.63, 3.8) is 0 Å². The van der Waals surface area contributed by atoms with E-state index in [1.807, 2.05) is 6.92 Å². The quantitative estimate of drug-likeness (QED) is 0.902. The van der Waals surface area contributed by atoms with E-state index in [1.165, 1.54) is 37.1 Å². The minimum atomic E-state index is -0.496. The van der Waals surface area contributed by atoms with Crippen LogP contribution in [0.5, 0.6) is 0 Å². The Morgan fingerprint density at radius 3 is 2.63 bits per heavy atom. The minimum Gasteiger partial charge on any atom is -0.370 e. The summed E-state index contributed by atoms with van der Waals surface area (Å²) in [4.78, 5) is 16.6. The molecule has 0 spiro atoms. The van der Waals surface area contributed by atoms with E-state index < -0.39 is 5.91 Å². The highest BCUT2D eigenvalue weighted by Crippen LogP contribution is 2.31. The van der Waals surface area contributed by atoms with Gasteiger partial charge in [-0.3, -0.25) is 9.69 Å². The molecule has 6 nitrogen and oxygen atoms in total. The molecule has 1 amide bonds. The van der Waals surface area contributed by atoms with E-state index in [0.717, 1.165) is 30.5 Å². The van der Waals surface area contributed by atoms with Crippen molar-refractivity contribution in [1.29, 1.82) is 0 Å². The van der Waals surface area contributed by atoms with E-state index in [4.69, 9.17) is 5.73 Å². The minimum absolute atomic E-state index is 0.302. The van der Waals surface area contributed by atoms with Gasteiger partial charge in [-0.05, 0) is 76.4 Å². The topological polar surface area (TPSA) is 67.4 Å². The zero-order valence-electron chi connectivity index (χ0n) is 16.5. The maximum absolute atomic E-state index is 11.4. The van der Waals surface area contributed by atoms with Crippen LogP contribution in [-0.4, -0.2) is 52.3 Å². The molecule has 2 aromatic rings. The lowest BCUT2D eigenvalue weighted by Gasteiger charge is -2.29. The Bertz CT molecular complexity index is 858. The largest absolute Gasteiger partial charge is 0.370 e. The van der Waals surface area contributed by atoms with Gasteiger partial charge in [-0.1, -0.05) is 0 Å². The van der Waals surface area contributed by atoms with Gasteiger partial charge in [0.15, 0.2) is 5.69 Å². The number of anilines is 1. The van der Waals surface area contributed by atoms with Crippen molar-refractivity contribution < 1.29 is 4.79 Å². The summed E-state index contributed by atoms with van der Waals surface area (Å²) in [6, 6.07) is 9.54. The predicted molar refractivity (Wildman–Crippen MR) is 108 cm³/mol. The van der Waals surface area contributed by atoms with Crippen LogP contribution in [0.15, 0.2) is 24.3 Å². The van der Waals surface area contributed by atoms with Crippen LogP contribution in [0.4, 0.5) is 5.69 Å². The van der Waals surface area contributed by atoms with E-state index in [-0.39, 0.29) is 0 Å². The van der Waals surface area contributed by atoms with Crippen molar-refractivity contribution in [2.24, 2.45) is 5.73 Å². The van der Waals surface area contributed by atoms with Crippen LogP contribution in [0.1, 0.15) is 47.9 Å². The average Bonchev–Trinajstić information content (AvgIpc) is 3.34. The van der Waals surface area contributed by atoms with Crippen LogP contribution in [0.2, 0.25) is 0 Å². The molecule has 2 atom stereocenters. The molecule has 2 aliphatic rings. The van der Waals surface area contributed by atoms with Crippen LogP contribution in [-0.2, 0) is 0 Å². The van der Waals surface area contributed by atoms with E-state index in [9.17, 15) is 4.79 Å². The maximum Gasteiger partial charge on any atom is 0.269 e. The molecule has 3 heterocycles. The van der Waals surface area contributed by atoms with E-state index in [1.54, 1.807) is 10.7 Å². The fraction of sp³-hybridized carbons (Fsp3) is 0.524. The van der Waals surface area contributed by atoms with Gasteiger partial charge in [0.25, 0.3) is 5.91 Å². The molecule has 2 saturated heterocycles. The summed E-state index contributed by atoms with van der Waals surface area (Å²) in [5, 5.41) is 4.34. The highest BCUT2D eigenvalue weighted by Gasteiger charge is 2.33. The molecular formula is C21H29N5O. The maximum atomic E-state index is 11.4. The van der Waals surface area contributed by atoms with Gasteiger partial charge in [0, 0.05) is 36.6 Å². The second-order valence-corrected chi connectivity index (χ2v) is 8.04. The second kappa shape index (κ2) is 7.00. The van der Waals surface area contributed by atoms with Gasteiger partial charge in [-0.25, -0.2) is 4.68 Å². The number of hydrogen-bond acceptors (Lipinski definition) is 4. The molecule has 144 valence electrons. The Balaban J connectivity index is 1.53.